The average molecular weight is 299 g/mol. The Morgan fingerprint density at radius 3 is 2.79 bits per heavy atom. The van der Waals surface area contributed by atoms with Crippen molar-refractivity contribution in [2.24, 2.45) is 0 Å². The number of rotatable bonds is 2. The lowest BCUT2D eigenvalue weighted by atomic mass is 10.2. The molecule has 7 heteroatoms. The first-order valence-electron chi connectivity index (χ1n) is 6.54. The number of aryl methyl sites for hydroxylation is 1. The van der Waals surface area contributed by atoms with Crippen LogP contribution in [-0.4, -0.2) is 36.4 Å². The molecule has 19 heavy (non-hydrogen) atoms. The maximum absolute atomic E-state index is 12.4. The Kier molecular flexibility index (Phi) is 3.42. The molecular weight excluding hydrogens is 282 g/mol. The third-order valence-corrected chi connectivity index (χ3v) is 6.15. The molecule has 104 valence electrons. The molecule has 1 fully saturated rings. The Bertz CT molecular complexity index is 583. The highest BCUT2D eigenvalue weighted by atomic mass is 32.2. The zero-order valence-electron chi connectivity index (χ0n) is 10.9. The minimum Gasteiger partial charge on any atom is -0.250 e. The molecule has 0 N–H and O–H groups in total. The van der Waals surface area contributed by atoms with Crippen LogP contribution >= 0.6 is 11.8 Å². The Balaban J connectivity index is 2.09. The first-order chi connectivity index (χ1) is 9.12. The van der Waals surface area contributed by atoms with Gasteiger partial charge in [-0.3, -0.25) is 4.31 Å². The molecule has 1 aromatic rings. The fraction of sp³-hybridized carbons (Fsp3) is 0.667. The lowest BCUT2D eigenvalue weighted by Crippen LogP contribution is -2.44. The topological polar surface area (TPSA) is 63.2 Å². The number of aromatic nitrogens is 2. The van der Waals surface area contributed by atoms with Gasteiger partial charge in [-0.1, -0.05) is 24.6 Å². The quantitative estimate of drug-likeness (QED) is 0.616. The Morgan fingerprint density at radius 1 is 1.37 bits per heavy atom. The predicted molar refractivity (Wildman–Crippen MR) is 76.0 cm³/mol. The summed E-state index contributed by atoms with van der Waals surface area (Å²) in [6.45, 7) is 0. The van der Waals surface area contributed by atoms with Crippen LogP contribution in [0, 0.1) is 0 Å². The smallest absolute Gasteiger partial charge is 0.236 e. The van der Waals surface area contributed by atoms with E-state index in [1.54, 1.807) is 10.5 Å². The SMILES string of the molecule is CSc1ncc2c(n1)N(C1CCCC1)S(=O)(=O)CC2. The maximum Gasteiger partial charge on any atom is 0.236 e. The highest BCUT2D eigenvalue weighted by Gasteiger charge is 2.37. The highest BCUT2D eigenvalue weighted by Crippen LogP contribution is 2.35. The van der Waals surface area contributed by atoms with Crippen LogP contribution in [-0.2, 0) is 16.4 Å². The molecule has 0 radical (unpaired) electrons. The van der Waals surface area contributed by atoms with Gasteiger partial charge < -0.3 is 0 Å². The minimum absolute atomic E-state index is 0.0913. The van der Waals surface area contributed by atoms with Gasteiger partial charge in [0.25, 0.3) is 0 Å². The largest absolute Gasteiger partial charge is 0.250 e. The van der Waals surface area contributed by atoms with Gasteiger partial charge in [-0.25, -0.2) is 18.4 Å². The highest BCUT2D eigenvalue weighted by molar-refractivity contribution is 7.98. The van der Waals surface area contributed by atoms with Crippen LogP contribution in [0.3, 0.4) is 0 Å². The zero-order valence-corrected chi connectivity index (χ0v) is 12.5. The van der Waals surface area contributed by atoms with E-state index in [1.807, 2.05) is 6.26 Å². The van der Waals surface area contributed by atoms with Crippen molar-refractivity contribution in [2.45, 2.75) is 43.3 Å². The number of nitrogens with zero attached hydrogens (tertiary/aromatic N) is 3. The van der Waals surface area contributed by atoms with E-state index >= 15 is 0 Å². The van der Waals surface area contributed by atoms with Crippen LogP contribution in [0.5, 0.6) is 0 Å². The second-order valence-corrected chi connectivity index (χ2v) is 7.74. The molecule has 0 aromatic carbocycles. The fourth-order valence-corrected chi connectivity index (χ4v) is 4.95. The van der Waals surface area contributed by atoms with Gasteiger partial charge in [-0.2, -0.15) is 0 Å². The monoisotopic (exact) mass is 299 g/mol. The van der Waals surface area contributed by atoms with Crippen LogP contribution in [0.4, 0.5) is 5.82 Å². The van der Waals surface area contributed by atoms with Crippen molar-refractivity contribution in [3.8, 4) is 0 Å². The summed E-state index contributed by atoms with van der Waals surface area (Å²) in [5.74, 6) is 0.802. The Labute approximate surface area is 117 Å². The summed E-state index contributed by atoms with van der Waals surface area (Å²) in [5.41, 5.74) is 0.958. The lowest BCUT2D eigenvalue weighted by Gasteiger charge is -2.33. The van der Waals surface area contributed by atoms with Crippen LogP contribution in [0.15, 0.2) is 11.4 Å². The number of fused-ring (bicyclic) bond motifs is 1. The third kappa shape index (κ3) is 2.33. The lowest BCUT2D eigenvalue weighted by molar-refractivity contribution is 0.566. The molecule has 1 aliphatic carbocycles. The Hall–Kier alpha value is -0.820. The van der Waals surface area contributed by atoms with Crippen molar-refractivity contribution in [3.05, 3.63) is 11.8 Å². The van der Waals surface area contributed by atoms with E-state index < -0.39 is 10.0 Å². The number of hydrogen-bond donors (Lipinski definition) is 0. The summed E-state index contributed by atoms with van der Waals surface area (Å²) in [4.78, 5) is 8.70. The van der Waals surface area contributed by atoms with E-state index in [4.69, 9.17) is 0 Å². The predicted octanol–water partition coefficient (Wildman–Crippen LogP) is 1.83. The first kappa shape index (κ1) is 13.2. The van der Waals surface area contributed by atoms with Crippen molar-refractivity contribution in [2.75, 3.05) is 16.3 Å². The fourth-order valence-electron chi connectivity index (χ4n) is 2.86. The summed E-state index contributed by atoms with van der Waals surface area (Å²) in [6, 6.07) is 0.0913. The van der Waals surface area contributed by atoms with Crippen LogP contribution in [0.2, 0.25) is 0 Å². The van der Waals surface area contributed by atoms with Gasteiger partial charge >= 0.3 is 0 Å². The van der Waals surface area contributed by atoms with E-state index in [-0.39, 0.29) is 11.8 Å². The van der Waals surface area contributed by atoms with E-state index in [1.165, 1.54) is 11.8 Å². The van der Waals surface area contributed by atoms with E-state index in [2.05, 4.69) is 9.97 Å². The zero-order chi connectivity index (χ0) is 13.5. The van der Waals surface area contributed by atoms with E-state index in [0.717, 1.165) is 31.2 Å². The van der Waals surface area contributed by atoms with Gasteiger partial charge in [-0.15, -0.1) is 0 Å². The number of thioether (sulfide) groups is 1. The second kappa shape index (κ2) is 4.94. The van der Waals surface area contributed by atoms with Gasteiger partial charge in [0.05, 0.1) is 5.75 Å². The van der Waals surface area contributed by atoms with Gasteiger partial charge in [0, 0.05) is 17.8 Å². The number of anilines is 1. The molecule has 1 aromatic heterocycles. The molecule has 5 nitrogen and oxygen atoms in total. The average Bonchev–Trinajstić information content (AvgIpc) is 2.90. The molecule has 0 atom stereocenters. The van der Waals surface area contributed by atoms with Crippen LogP contribution < -0.4 is 4.31 Å². The van der Waals surface area contributed by atoms with Crippen molar-refractivity contribution >= 4 is 27.6 Å². The third-order valence-electron chi connectivity index (χ3n) is 3.80. The molecule has 0 unspecified atom stereocenters. The maximum atomic E-state index is 12.4. The molecule has 1 saturated carbocycles. The number of hydrogen-bond acceptors (Lipinski definition) is 5. The minimum atomic E-state index is -3.21. The van der Waals surface area contributed by atoms with E-state index in [9.17, 15) is 8.42 Å². The summed E-state index contributed by atoms with van der Waals surface area (Å²) < 4.78 is 26.4. The van der Waals surface area contributed by atoms with Crippen LogP contribution in [0.25, 0.3) is 0 Å². The van der Waals surface area contributed by atoms with Crippen molar-refractivity contribution in [3.63, 3.8) is 0 Å². The van der Waals surface area contributed by atoms with E-state index in [0.29, 0.717) is 17.4 Å². The molecule has 0 saturated heterocycles. The summed E-state index contributed by atoms with van der Waals surface area (Å²) in [6.07, 6.45) is 8.30. The van der Waals surface area contributed by atoms with Gasteiger partial charge in [0.15, 0.2) is 5.16 Å². The second-order valence-electron chi connectivity index (χ2n) is 5.01. The molecule has 0 spiro atoms. The molecule has 0 amide bonds. The number of sulfonamides is 1. The first-order valence-corrected chi connectivity index (χ1v) is 9.37. The normalized spacial score (nSPS) is 22.5. The standard InChI is InChI=1S/C12H17N3O2S2/c1-18-12-13-8-9-6-7-19(16,17)15(11(9)14-12)10-4-2-3-5-10/h8,10H,2-7H2,1H3. The van der Waals surface area contributed by atoms with Gasteiger partial charge in [0.2, 0.25) is 10.0 Å². The summed E-state index contributed by atoms with van der Waals surface area (Å²) in [7, 11) is -3.21. The molecule has 1 aliphatic heterocycles. The van der Waals surface area contributed by atoms with Gasteiger partial charge in [-0.05, 0) is 25.5 Å². The van der Waals surface area contributed by atoms with Crippen molar-refractivity contribution in [1.29, 1.82) is 0 Å². The molecule has 2 heterocycles. The summed E-state index contributed by atoms with van der Waals surface area (Å²) >= 11 is 1.44. The Morgan fingerprint density at radius 2 is 2.11 bits per heavy atom. The van der Waals surface area contributed by atoms with Crippen LogP contribution in [0.1, 0.15) is 31.2 Å². The van der Waals surface area contributed by atoms with Crippen molar-refractivity contribution < 1.29 is 8.42 Å². The molecule has 3 rings (SSSR count). The molecule has 0 bridgehead atoms. The summed E-state index contributed by atoms with van der Waals surface area (Å²) in [5, 5.41) is 0.638. The van der Waals surface area contributed by atoms with Gasteiger partial charge in [0.1, 0.15) is 5.82 Å². The molecule has 2 aliphatic rings. The van der Waals surface area contributed by atoms with Crippen molar-refractivity contribution in [1.82, 2.24) is 9.97 Å². The molecular formula is C12H17N3O2S2.